The summed E-state index contributed by atoms with van der Waals surface area (Å²) in [5.74, 6) is 0. The summed E-state index contributed by atoms with van der Waals surface area (Å²) in [5.41, 5.74) is 0.282. The first-order valence-corrected chi connectivity index (χ1v) is 4.65. The van der Waals surface area contributed by atoms with Crippen LogP contribution < -0.4 is 0 Å². The summed E-state index contributed by atoms with van der Waals surface area (Å²) in [6, 6.07) is 2.82. The molecule has 16 heavy (non-hydrogen) atoms. The summed E-state index contributed by atoms with van der Waals surface area (Å²) in [6.07, 6.45) is 0. The van der Waals surface area contributed by atoms with E-state index >= 15 is 0 Å². The lowest BCUT2D eigenvalue weighted by Gasteiger charge is -1.94. The van der Waals surface area contributed by atoms with Gasteiger partial charge < -0.3 is 17.3 Å². The van der Waals surface area contributed by atoms with E-state index in [1.807, 2.05) is 0 Å². The molecule has 0 bridgehead atoms. The van der Waals surface area contributed by atoms with Crippen LogP contribution >= 0.6 is 34.8 Å². The van der Waals surface area contributed by atoms with Gasteiger partial charge in [0, 0.05) is 0 Å². The van der Waals surface area contributed by atoms with E-state index in [2.05, 4.69) is 4.98 Å². The largest absolute Gasteiger partial charge is 0.673 e. The zero-order chi connectivity index (χ0) is 12.9. The van der Waals surface area contributed by atoms with E-state index in [1.165, 1.54) is 12.1 Å². The predicted molar refractivity (Wildman–Crippen MR) is 56.4 cm³/mol. The molecule has 0 aliphatic carbocycles. The van der Waals surface area contributed by atoms with Crippen molar-refractivity contribution in [2.75, 3.05) is 0 Å². The summed E-state index contributed by atoms with van der Waals surface area (Å²) in [5, 5.41) is 9.15. The van der Waals surface area contributed by atoms with Gasteiger partial charge in [0.2, 0.25) is 5.39 Å². The Balaban J connectivity index is 0.000000385. The van der Waals surface area contributed by atoms with Crippen molar-refractivity contribution >= 4 is 47.7 Å². The first kappa shape index (κ1) is 15.3. The molecule has 88 valence electrons. The van der Waals surface area contributed by atoms with Gasteiger partial charge in [0.25, 0.3) is 0 Å². The van der Waals surface area contributed by atoms with Gasteiger partial charge in [-0.05, 0) is 0 Å². The fraction of sp³-hybridized carbons (Fsp3) is 0. The molecule has 0 aliphatic rings. The molecule has 10 heteroatoms. The third-order valence-electron chi connectivity index (χ3n) is 1.08. The van der Waals surface area contributed by atoms with Crippen molar-refractivity contribution in [1.29, 1.82) is 5.39 Å². The number of benzene rings is 1. The molecule has 0 aromatic heterocycles. The van der Waals surface area contributed by atoms with Crippen molar-refractivity contribution in [2.24, 2.45) is 0 Å². The van der Waals surface area contributed by atoms with Gasteiger partial charge in [-0.1, -0.05) is 34.8 Å². The Morgan fingerprint density at radius 1 is 1.00 bits per heavy atom. The minimum atomic E-state index is -6.00. The van der Waals surface area contributed by atoms with Crippen LogP contribution in [0.2, 0.25) is 15.1 Å². The topological polar surface area (TPSA) is 28.1 Å². The number of rotatable bonds is 0. The standard InChI is InChI=1S/C6H2Cl3N2.BF4/c7-4-1-3(11-10)2-5(8)6(4)9;2-1(3,4)5/h1-2H;/q+1;-1. The number of diazo groups is 1. The van der Waals surface area contributed by atoms with Crippen LogP contribution in [-0.4, -0.2) is 7.25 Å². The normalized spacial score (nSPS) is 10.1. The highest BCUT2D eigenvalue weighted by atomic mass is 35.5. The van der Waals surface area contributed by atoms with Gasteiger partial charge in [0.05, 0.1) is 27.2 Å². The summed E-state index contributed by atoms with van der Waals surface area (Å²) < 4.78 is 39.0. The van der Waals surface area contributed by atoms with Crippen molar-refractivity contribution in [3.63, 3.8) is 0 Å². The maximum Gasteiger partial charge on any atom is 0.673 e. The third-order valence-corrected chi connectivity index (χ3v) is 2.28. The minimum absolute atomic E-state index is 0.265. The lowest BCUT2D eigenvalue weighted by Crippen LogP contribution is -2.02. The third kappa shape index (κ3) is 6.72. The summed E-state index contributed by atoms with van der Waals surface area (Å²) in [6.45, 7) is 0. The maximum absolute atomic E-state index is 9.75. The van der Waals surface area contributed by atoms with E-state index in [1.54, 1.807) is 0 Å². The zero-order valence-corrected chi connectivity index (χ0v) is 9.54. The van der Waals surface area contributed by atoms with Gasteiger partial charge in [-0.3, -0.25) is 0 Å². The Morgan fingerprint density at radius 3 is 1.56 bits per heavy atom. The zero-order valence-electron chi connectivity index (χ0n) is 7.27. The van der Waals surface area contributed by atoms with Crippen molar-refractivity contribution in [3.05, 3.63) is 32.2 Å². The van der Waals surface area contributed by atoms with Crippen LogP contribution in [0.15, 0.2) is 12.1 Å². The molecule has 0 spiro atoms. The van der Waals surface area contributed by atoms with Crippen LogP contribution in [0, 0.1) is 5.39 Å². The molecule has 0 heterocycles. The lowest BCUT2D eigenvalue weighted by molar-refractivity contribution is 0.368. The minimum Gasteiger partial charge on any atom is -0.418 e. The van der Waals surface area contributed by atoms with Crippen LogP contribution in [0.3, 0.4) is 0 Å². The second kappa shape index (κ2) is 6.13. The Morgan fingerprint density at radius 2 is 1.31 bits per heavy atom. The molecular weight excluding hydrogens is 293 g/mol. The average Bonchev–Trinajstić information content (AvgIpc) is 2.10. The number of hydrogen-bond acceptors (Lipinski definition) is 1. The average molecular weight is 295 g/mol. The van der Waals surface area contributed by atoms with Gasteiger partial charge in [-0.15, -0.1) is 0 Å². The Kier molecular flexibility index (Phi) is 5.86. The highest BCUT2D eigenvalue weighted by Gasteiger charge is 2.20. The van der Waals surface area contributed by atoms with Gasteiger partial charge >= 0.3 is 12.9 Å². The van der Waals surface area contributed by atoms with Crippen molar-refractivity contribution < 1.29 is 17.3 Å². The molecule has 1 aromatic rings. The molecule has 1 rings (SSSR count). The molecule has 0 N–H and O–H groups in total. The first-order valence-electron chi connectivity index (χ1n) is 3.52. The Hall–Kier alpha value is -0.705. The van der Waals surface area contributed by atoms with Crippen LogP contribution in [0.1, 0.15) is 0 Å². The fourth-order valence-electron chi connectivity index (χ4n) is 0.600. The molecule has 0 amide bonds. The Bertz CT molecular complexity index is 388. The van der Waals surface area contributed by atoms with E-state index in [4.69, 9.17) is 40.2 Å². The smallest absolute Gasteiger partial charge is 0.418 e. The molecule has 2 nitrogen and oxygen atoms in total. The molecule has 0 saturated carbocycles. The second-order valence-corrected chi connectivity index (χ2v) is 3.51. The lowest BCUT2D eigenvalue weighted by atomic mass is 10.3. The van der Waals surface area contributed by atoms with Gasteiger partial charge in [0.1, 0.15) is 0 Å². The van der Waals surface area contributed by atoms with Crippen molar-refractivity contribution in [1.82, 2.24) is 0 Å². The quantitative estimate of drug-likeness (QED) is 0.271. The maximum atomic E-state index is 9.75. The first-order chi connectivity index (χ1) is 7.15. The molecule has 0 radical (unpaired) electrons. The summed E-state index contributed by atoms with van der Waals surface area (Å²) in [4.78, 5) is 2.91. The summed E-state index contributed by atoms with van der Waals surface area (Å²) in [7, 11) is -6.00. The summed E-state index contributed by atoms with van der Waals surface area (Å²) >= 11 is 16.8. The second-order valence-electron chi connectivity index (χ2n) is 2.32. The number of halogens is 7. The highest BCUT2D eigenvalue weighted by Crippen LogP contribution is 2.33. The van der Waals surface area contributed by atoms with E-state index in [0.717, 1.165) is 0 Å². The van der Waals surface area contributed by atoms with E-state index < -0.39 is 7.25 Å². The predicted octanol–water partition coefficient (Wildman–Crippen LogP) is 5.43. The van der Waals surface area contributed by atoms with Crippen molar-refractivity contribution in [3.8, 4) is 0 Å². The van der Waals surface area contributed by atoms with Crippen LogP contribution in [-0.2, 0) is 0 Å². The highest BCUT2D eigenvalue weighted by molar-refractivity contribution is 6.50. The molecule has 0 saturated heterocycles. The number of nitrogens with zero attached hydrogens (tertiary/aromatic N) is 2. The molecule has 0 atom stereocenters. The van der Waals surface area contributed by atoms with E-state index in [0.29, 0.717) is 0 Å². The van der Waals surface area contributed by atoms with Crippen LogP contribution in [0.4, 0.5) is 23.0 Å². The van der Waals surface area contributed by atoms with Crippen LogP contribution in [0.25, 0.3) is 4.98 Å². The van der Waals surface area contributed by atoms with Crippen molar-refractivity contribution in [2.45, 2.75) is 0 Å². The molecular formula is C6H2BCl3F4N2. The molecule has 0 aliphatic heterocycles. The molecule has 0 fully saturated rings. The van der Waals surface area contributed by atoms with Gasteiger partial charge in [-0.2, -0.15) is 0 Å². The fourth-order valence-corrected chi connectivity index (χ4v) is 1.18. The molecule has 0 unspecified atom stereocenters. The van der Waals surface area contributed by atoms with Gasteiger partial charge in [0.15, 0.2) is 4.98 Å². The van der Waals surface area contributed by atoms with Crippen LogP contribution in [0.5, 0.6) is 0 Å². The monoisotopic (exact) mass is 294 g/mol. The number of hydrogen-bond donors (Lipinski definition) is 0. The van der Waals surface area contributed by atoms with E-state index in [-0.39, 0.29) is 20.8 Å². The SMILES string of the molecule is F[B-](F)(F)F.N#[N+]c1cc(Cl)c(Cl)c(Cl)c1. The molecule has 1 aromatic carbocycles. The Labute approximate surface area is 103 Å². The van der Waals surface area contributed by atoms with E-state index in [9.17, 15) is 17.3 Å². The van der Waals surface area contributed by atoms with Gasteiger partial charge in [-0.25, -0.2) is 0 Å².